The van der Waals surface area contributed by atoms with Gasteiger partial charge in [-0.25, -0.2) is 0 Å². The lowest BCUT2D eigenvalue weighted by Gasteiger charge is -2.23. The van der Waals surface area contributed by atoms with Crippen LogP contribution in [0.5, 0.6) is 0 Å². The molecule has 0 N–H and O–H groups in total. The first kappa shape index (κ1) is 19.7. The number of carbonyl (C=O) groups excluding carboxylic acids is 1. The van der Waals surface area contributed by atoms with Gasteiger partial charge in [0.05, 0.1) is 6.61 Å². The van der Waals surface area contributed by atoms with Gasteiger partial charge in [-0.3, -0.25) is 9.78 Å². The van der Waals surface area contributed by atoms with Crippen molar-refractivity contribution in [1.29, 1.82) is 0 Å². The Balaban J connectivity index is 1.94. The highest BCUT2D eigenvalue weighted by Gasteiger charge is 2.31. The van der Waals surface area contributed by atoms with Crippen LogP contribution in [0.3, 0.4) is 0 Å². The van der Waals surface area contributed by atoms with Crippen molar-refractivity contribution in [1.82, 2.24) is 4.98 Å². The van der Waals surface area contributed by atoms with Gasteiger partial charge in [0.2, 0.25) is 0 Å². The van der Waals surface area contributed by atoms with E-state index in [1.165, 1.54) is 17.3 Å². The standard InChI is InChI=1S/C22H22ClNO2S/c1-4-26-21(25)22(2,3)27-20-11-12-24-14-16(20)13-15-9-10-19(23)18-8-6-5-7-17(15)18/h5-12,14H,4,13H2,1-3H3. The molecule has 1 aromatic heterocycles. The molecule has 0 saturated heterocycles. The minimum absolute atomic E-state index is 0.213. The molecule has 27 heavy (non-hydrogen) atoms. The smallest absolute Gasteiger partial charge is 0.321 e. The van der Waals surface area contributed by atoms with E-state index in [-0.39, 0.29) is 5.97 Å². The number of ether oxygens (including phenoxy) is 1. The van der Waals surface area contributed by atoms with Crippen molar-refractivity contribution in [3.63, 3.8) is 0 Å². The first-order chi connectivity index (χ1) is 12.9. The third kappa shape index (κ3) is 4.45. The number of nitrogens with zero attached hydrogens (tertiary/aromatic N) is 1. The third-order valence-electron chi connectivity index (χ3n) is 4.33. The summed E-state index contributed by atoms with van der Waals surface area (Å²) in [5.74, 6) is -0.213. The zero-order chi connectivity index (χ0) is 19.4. The summed E-state index contributed by atoms with van der Waals surface area (Å²) in [4.78, 5) is 17.6. The predicted molar refractivity (Wildman–Crippen MR) is 113 cm³/mol. The molecule has 0 amide bonds. The Morgan fingerprint density at radius 1 is 1.11 bits per heavy atom. The first-order valence-corrected chi connectivity index (χ1v) is 10.1. The Morgan fingerprint density at radius 2 is 1.85 bits per heavy atom. The number of rotatable bonds is 6. The fraction of sp³-hybridized carbons (Fsp3) is 0.273. The number of aromatic nitrogens is 1. The maximum absolute atomic E-state index is 12.3. The topological polar surface area (TPSA) is 39.2 Å². The molecule has 2 aromatic carbocycles. The first-order valence-electron chi connectivity index (χ1n) is 8.87. The van der Waals surface area contributed by atoms with Gasteiger partial charge in [-0.05, 0) is 49.4 Å². The molecule has 0 saturated carbocycles. The fourth-order valence-corrected chi connectivity index (χ4v) is 4.26. The van der Waals surface area contributed by atoms with E-state index in [0.717, 1.165) is 26.3 Å². The molecule has 0 fully saturated rings. The second-order valence-electron chi connectivity index (χ2n) is 6.75. The summed E-state index contributed by atoms with van der Waals surface area (Å²) in [6.07, 6.45) is 4.34. The average molecular weight is 400 g/mol. The molecule has 1 heterocycles. The Kier molecular flexibility index (Phi) is 6.08. The van der Waals surface area contributed by atoms with Gasteiger partial charge in [0, 0.05) is 34.1 Å². The molecule has 5 heteroatoms. The Bertz CT molecular complexity index is 971. The zero-order valence-electron chi connectivity index (χ0n) is 15.7. The Labute approximate surface area is 169 Å². The monoisotopic (exact) mass is 399 g/mol. The lowest BCUT2D eigenvalue weighted by atomic mass is 9.99. The fourth-order valence-electron chi connectivity index (χ4n) is 2.95. The van der Waals surface area contributed by atoms with Crippen molar-refractivity contribution >= 4 is 40.1 Å². The highest BCUT2D eigenvalue weighted by molar-refractivity contribution is 8.01. The van der Waals surface area contributed by atoms with Crippen LogP contribution in [0.1, 0.15) is 31.9 Å². The second-order valence-corrected chi connectivity index (χ2v) is 8.82. The molecule has 0 aliphatic carbocycles. The van der Waals surface area contributed by atoms with E-state index in [0.29, 0.717) is 13.0 Å². The SMILES string of the molecule is CCOC(=O)C(C)(C)Sc1ccncc1Cc1ccc(Cl)c2ccccc12. The maximum atomic E-state index is 12.3. The number of esters is 1. The lowest BCUT2D eigenvalue weighted by Crippen LogP contribution is -2.30. The molecule has 0 aliphatic rings. The van der Waals surface area contributed by atoms with Crippen molar-refractivity contribution in [2.45, 2.75) is 36.8 Å². The number of carbonyl (C=O) groups is 1. The van der Waals surface area contributed by atoms with E-state index in [1.807, 2.05) is 57.3 Å². The van der Waals surface area contributed by atoms with Crippen LogP contribution in [0.2, 0.25) is 5.02 Å². The number of hydrogen-bond donors (Lipinski definition) is 0. The van der Waals surface area contributed by atoms with E-state index < -0.39 is 4.75 Å². The number of benzene rings is 2. The molecule has 0 bridgehead atoms. The van der Waals surface area contributed by atoms with E-state index in [9.17, 15) is 4.79 Å². The summed E-state index contributed by atoms with van der Waals surface area (Å²) in [6.45, 7) is 5.97. The number of thioether (sulfide) groups is 1. The summed E-state index contributed by atoms with van der Waals surface area (Å²) < 4.78 is 4.55. The highest BCUT2D eigenvalue weighted by Crippen LogP contribution is 2.37. The van der Waals surface area contributed by atoms with Crippen LogP contribution in [-0.2, 0) is 16.0 Å². The van der Waals surface area contributed by atoms with Crippen LogP contribution < -0.4 is 0 Å². The molecule has 0 atom stereocenters. The average Bonchev–Trinajstić information content (AvgIpc) is 2.66. The van der Waals surface area contributed by atoms with Crippen molar-refractivity contribution in [3.8, 4) is 0 Å². The molecule has 0 aliphatic heterocycles. The minimum atomic E-state index is -0.672. The second kappa shape index (κ2) is 8.32. The molecule has 3 aromatic rings. The zero-order valence-corrected chi connectivity index (χ0v) is 17.2. The predicted octanol–water partition coefficient (Wildman–Crippen LogP) is 5.91. The summed E-state index contributed by atoms with van der Waals surface area (Å²) in [5, 5.41) is 2.93. The van der Waals surface area contributed by atoms with Gasteiger partial charge in [-0.2, -0.15) is 0 Å². The summed E-state index contributed by atoms with van der Waals surface area (Å²) in [6, 6.07) is 14.1. The van der Waals surface area contributed by atoms with Gasteiger partial charge in [0.25, 0.3) is 0 Å². The van der Waals surface area contributed by atoms with Crippen LogP contribution in [0.25, 0.3) is 10.8 Å². The molecule has 0 spiro atoms. The molecule has 3 nitrogen and oxygen atoms in total. The highest BCUT2D eigenvalue weighted by atomic mass is 35.5. The quantitative estimate of drug-likeness (QED) is 0.381. The summed E-state index contributed by atoms with van der Waals surface area (Å²) >= 11 is 7.85. The maximum Gasteiger partial charge on any atom is 0.321 e. The van der Waals surface area contributed by atoms with E-state index in [1.54, 1.807) is 6.20 Å². The van der Waals surface area contributed by atoms with E-state index >= 15 is 0 Å². The lowest BCUT2D eigenvalue weighted by molar-refractivity contribution is -0.145. The van der Waals surface area contributed by atoms with Gasteiger partial charge in [-0.1, -0.05) is 41.9 Å². The van der Waals surface area contributed by atoms with Crippen LogP contribution in [-0.4, -0.2) is 22.3 Å². The van der Waals surface area contributed by atoms with E-state index in [4.69, 9.17) is 16.3 Å². The minimum Gasteiger partial charge on any atom is -0.465 e. The molecular formula is C22H22ClNO2S. The number of halogens is 1. The normalized spacial score (nSPS) is 11.6. The van der Waals surface area contributed by atoms with Crippen LogP contribution >= 0.6 is 23.4 Å². The van der Waals surface area contributed by atoms with Crippen LogP contribution in [0.4, 0.5) is 0 Å². The van der Waals surface area contributed by atoms with Gasteiger partial charge in [0.1, 0.15) is 4.75 Å². The molecule has 0 radical (unpaired) electrons. The number of hydrogen-bond acceptors (Lipinski definition) is 4. The summed E-state index contributed by atoms with van der Waals surface area (Å²) in [5.41, 5.74) is 2.26. The van der Waals surface area contributed by atoms with Crippen molar-refractivity contribution in [3.05, 3.63) is 71.0 Å². The number of pyridine rings is 1. The van der Waals surface area contributed by atoms with Gasteiger partial charge < -0.3 is 4.74 Å². The summed E-state index contributed by atoms with van der Waals surface area (Å²) in [7, 11) is 0. The molecular weight excluding hydrogens is 378 g/mol. The third-order valence-corrected chi connectivity index (χ3v) is 5.96. The molecule has 140 valence electrons. The van der Waals surface area contributed by atoms with Gasteiger partial charge >= 0.3 is 5.97 Å². The van der Waals surface area contributed by atoms with Crippen molar-refractivity contribution in [2.24, 2.45) is 0 Å². The molecule has 3 rings (SSSR count). The Morgan fingerprint density at radius 3 is 2.59 bits per heavy atom. The number of fused-ring (bicyclic) bond motifs is 1. The Hall–Kier alpha value is -2.04. The largest absolute Gasteiger partial charge is 0.465 e. The van der Waals surface area contributed by atoms with Crippen molar-refractivity contribution in [2.75, 3.05) is 6.61 Å². The van der Waals surface area contributed by atoms with Crippen LogP contribution in [0, 0.1) is 0 Å². The van der Waals surface area contributed by atoms with Gasteiger partial charge in [-0.15, -0.1) is 11.8 Å². The molecule has 0 unspecified atom stereocenters. The van der Waals surface area contributed by atoms with Crippen molar-refractivity contribution < 1.29 is 9.53 Å². The van der Waals surface area contributed by atoms with Gasteiger partial charge in [0.15, 0.2) is 0 Å². The van der Waals surface area contributed by atoms with E-state index in [2.05, 4.69) is 17.1 Å². The van der Waals surface area contributed by atoms with Crippen LogP contribution in [0.15, 0.2) is 59.8 Å².